The zero-order valence-corrected chi connectivity index (χ0v) is 24.9. The van der Waals surface area contributed by atoms with E-state index in [2.05, 4.69) is 17.1 Å². The molecule has 222 valence electrons. The highest BCUT2D eigenvalue weighted by molar-refractivity contribution is 5.77. The van der Waals surface area contributed by atoms with Crippen molar-refractivity contribution in [3.63, 3.8) is 0 Å². The largest absolute Gasteiger partial charge is 0.423 e. The number of hydroxylamine groups is 2. The molecule has 0 N–H and O–H groups in total. The van der Waals surface area contributed by atoms with Crippen LogP contribution in [0, 0.1) is 17.3 Å². The molecule has 3 atom stereocenters. The van der Waals surface area contributed by atoms with Crippen LogP contribution in [0.1, 0.15) is 121 Å². The molecule has 7 nitrogen and oxygen atoms in total. The summed E-state index contributed by atoms with van der Waals surface area (Å²) in [7, 11) is 0. The molecule has 4 fully saturated rings. The van der Waals surface area contributed by atoms with Crippen molar-refractivity contribution in [2.24, 2.45) is 17.3 Å². The van der Waals surface area contributed by atoms with Crippen LogP contribution in [0.5, 0.6) is 0 Å². The van der Waals surface area contributed by atoms with Gasteiger partial charge in [0.05, 0.1) is 6.04 Å². The molecule has 2 aliphatic heterocycles. The van der Waals surface area contributed by atoms with E-state index < -0.39 is 0 Å². The normalized spacial score (nSPS) is 30.4. The third-order valence-electron chi connectivity index (χ3n) is 10.1. The van der Waals surface area contributed by atoms with E-state index in [0.29, 0.717) is 24.1 Å². The van der Waals surface area contributed by atoms with Crippen molar-refractivity contribution in [2.75, 3.05) is 6.54 Å². The second-order valence-corrected chi connectivity index (χ2v) is 13.3. The number of hydrogen-bond acceptors (Lipinski definition) is 5. The Bertz CT molecular complexity index is 1150. The van der Waals surface area contributed by atoms with Gasteiger partial charge in [0.15, 0.2) is 5.76 Å². The molecule has 1 aromatic heterocycles. The van der Waals surface area contributed by atoms with E-state index in [9.17, 15) is 4.79 Å². The number of urea groups is 1. The Balaban J connectivity index is 1.00. The summed E-state index contributed by atoms with van der Waals surface area (Å²) >= 11 is 0. The maximum Gasteiger partial charge on any atom is 0.354 e. The molecular formula is C34H48N4O3. The fraction of sp³-hybridized carbons (Fsp3) is 0.676. The number of carbonyl (C=O) groups is 1. The average molecular weight is 561 g/mol. The minimum Gasteiger partial charge on any atom is -0.423 e. The van der Waals surface area contributed by atoms with Gasteiger partial charge in [-0.25, -0.2) is 4.79 Å². The zero-order chi connectivity index (χ0) is 28.1. The smallest absolute Gasteiger partial charge is 0.354 e. The number of fused-ring (bicyclic) bond motifs is 3. The Morgan fingerprint density at radius 1 is 1.00 bits per heavy atom. The summed E-state index contributed by atoms with van der Waals surface area (Å²) in [5, 5.41) is 10.5. The second-order valence-electron chi connectivity index (χ2n) is 13.3. The number of rotatable bonds is 10. The van der Waals surface area contributed by atoms with Gasteiger partial charge in [-0.05, 0) is 61.5 Å². The van der Waals surface area contributed by atoms with Gasteiger partial charge >= 0.3 is 6.03 Å². The number of aryl methyl sites for hydroxylation is 1. The Hall–Kier alpha value is -2.83. The predicted molar refractivity (Wildman–Crippen MR) is 159 cm³/mol. The van der Waals surface area contributed by atoms with Crippen molar-refractivity contribution < 1.29 is 14.0 Å². The van der Waals surface area contributed by atoms with Crippen LogP contribution in [-0.2, 0) is 11.3 Å². The van der Waals surface area contributed by atoms with Gasteiger partial charge in [-0.2, -0.15) is 5.06 Å². The lowest BCUT2D eigenvalue weighted by atomic mass is 9.85. The van der Waals surface area contributed by atoms with Crippen molar-refractivity contribution in [3.8, 4) is 0 Å². The van der Waals surface area contributed by atoms with Gasteiger partial charge in [-0.1, -0.05) is 102 Å². The molecule has 3 unspecified atom stereocenters. The van der Waals surface area contributed by atoms with E-state index in [1.807, 2.05) is 47.4 Å². The van der Waals surface area contributed by atoms with Gasteiger partial charge in [0.2, 0.25) is 11.8 Å². The number of amides is 2. The van der Waals surface area contributed by atoms with Crippen LogP contribution in [0.4, 0.5) is 4.79 Å². The first-order valence-corrected chi connectivity index (χ1v) is 16.4. The molecule has 0 aromatic carbocycles. The van der Waals surface area contributed by atoms with Crippen LogP contribution in [0.25, 0.3) is 0 Å². The molecule has 2 amide bonds. The van der Waals surface area contributed by atoms with E-state index in [4.69, 9.17) is 9.25 Å². The summed E-state index contributed by atoms with van der Waals surface area (Å²) in [5.41, 5.74) is 0.0787. The van der Waals surface area contributed by atoms with Crippen LogP contribution in [-0.4, -0.2) is 38.8 Å². The Kier molecular flexibility index (Phi) is 8.97. The zero-order valence-electron chi connectivity index (χ0n) is 24.9. The minimum atomic E-state index is -0.172. The Morgan fingerprint density at radius 2 is 1.76 bits per heavy atom. The first-order valence-electron chi connectivity index (χ1n) is 16.4. The minimum absolute atomic E-state index is 0.0572. The summed E-state index contributed by atoms with van der Waals surface area (Å²) in [6, 6.07) is -0.219. The molecule has 0 radical (unpaired) electrons. The quantitative estimate of drug-likeness (QED) is 0.269. The van der Waals surface area contributed by atoms with E-state index in [1.54, 1.807) is 5.06 Å². The SMILES string of the molecule is CC(CCCCc1nnc(C2CC3(CC3)C3CN2C(=O)N3OC2=C/C=C\C=C/C=C\2)o1)CC1CCCCCCCC1. The van der Waals surface area contributed by atoms with Crippen molar-refractivity contribution in [1.29, 1.82) is 0 Å². The molecule has 1 aromatic rings. The van der Waals surface area contributed by atoms with E-state index >= 15 is 0 Å². The monoisotopic (exact) mass is 560 g/mol. The number of aromatic nitrogens is 2. The molecule has 2 bridgehead atoms. The second kappa shape index (κ2) is 13.0. The van der Waals surface area contributed by atoms with Crippen molar-refractivity contribution >= 4 is 6.03 Å². The van der Waals surface area contributed by atoms with Gasteiger partial charge in [-0.3, -0.25) is 0 Å². The maximum absolute atomic E-state index is 13.5. The highest BCUT2D eigenvalue weighted by Crippen LogP contribution is 2.61. The lowest BCUT2D eigenvalue weighted by Crippen LogP contribution is -2.42. The highest BCUT2D eigenvalue weighted by atomic mass is 16.7. The molecule has 2 saturated carbocycles. The van der Waals surface area contributed by atoms with Gasteiger partial charge in [-0.15, -0.1) is 10.2 Å². The van der Waals surface area contributed by atoms with Crippen LogP contribution in [0.15, 0.2) is 52.7 Å². The number of carbonyl (C=O) groups excluding carboxylic acids is 1. The van der Waals surface area contributed by atoms with Gasteiger partial charge in [0.1, 0.15) is 6.04 Å². The lowest BCUT2D eigenvalue weighted by Gasteiger charge is -2.34. The van der Waals surface area contributed by atoms with Gasteiger partial charge in [0.25, 0.3) is 0 Å². The lowest BCUT2D eigenvalue weighted by molar-refractivity contribution is -0.101. The number of nitrogens with zero attached hydrogens (tertiary/aromatic N) is 4. The summed E-state index contributed by atoms with van der Waals surface area (Å²) in [6.45, 7) is 3.09. The first-order chi connectivity index (χ1) is 20.1. The fourth-order valence-electron chi connectivity index (χ4n) is 7.59. The number of unbranched alkanes of at least 4 members (excludes halogenated alkanes) is 1. The van der Waals surface area contributed by atoms with E-state index in [-0.39, 0.29) is 23.5 Å². The van der Waals surface area contributed by atoms with E-state index in [1.165, 1.54) is 70.6 Å². The van der Waals surface area contributed by atoms with Gasteiger partial charge in [0, 0.05) is 13.0 Å². The summed E-state index contributed by atoms with van der Waals surface area (Å²) < 4.78 is 6.21. The fourth-order valence-corrected chi connectivity index (χ4v) is 7.59. The highest BCUT2D eigenvalue weighted by Gasteiger charge is 2.64. The van der Waals surface area contributed by atoms with Crippen molar-refractivity contribution in [3.05, 3.63) is 60.1 Å². The number of piperidine rings is 1. The third-order valence-corrected chi connectivity index (χ3v) is 10.1. The van der Waals surface area contributed by atoms with Crippen LogP contribution in [0.3, 0.4) is 0 Å². The van der Waals surface area contributed by atoms with Crippen molar-refractivity contribution in [1.82, 2.24) is 20.2 Å². The standard InChI is InChI=1S/C34H48N4O3/c1-26(23-27-16-9-5-2-3-6-10-17-27)15-13-14-20-31-35-36-32(40-31)29-24-34(21-22-34)30-25-37(29)33(39)38(30)41-28-18-11-7-4-8-12-19-28/h4,7-8,11-12,18-19,26-27,29-30H,2-3,5-6,9-10,13-17,20-25H2,1H3/b7-4-,8-4?,11-7?,12-8-,18-11-,19-12?,28-18?,28-19+. The Labute approximate surface area is 245 Å². The maximum atomic E-state index is 13.5. The van der Waals surface area contributed by atoms with Crippen LogP contribution < -0.4 is 0 Å². The molecule has 3 heterocycles. The summed E-state index contributed by atoms with van der Waals surface area (Å²) in [4.78, 5) is 21.6. The molecule has 6 rings (SSSR count). The summed E-state index contributed by atoms with van der Waals surface area (Å²) in [6.07, 6.45) is 33.8. The molecule has 7 heteroatoms. The van der Waals surface area contributed by atoms with Crippen LogP contribution in [0.2, 0.25) is 0 Å². The van der Waals surface area contributed by atoms with E-state index in [0.717, 1.165) is 43.9 Å². The molecule has 3 aliphatic carbocycles. The molecule has 41 heavy (non-hydrogen) atoms. The summed E-state index contributed by atoms with van der Waals surface area (Å²) in [5.74, 6) is 3.68. The van der Waals surface area contributed by atoms with Gasteiger partial charge < -0.3 is 14.2 Å². The topological polar surface area (TPSA) is 71.7 Å². The number of hydrogen-bond donors (Lipinski definition) is 0. The number of allylic oxidation sites excluding steroid dienone is 7. The molecule has 5 aliphatic rings. The van der Waals surface area contributed by atoms with Crippen LogP contribution >= 0.6 is 0 Å². The molecule has 2 saturated heterocycles. The first kappa shape index (κ1) is 28.3. The molecular weight excluding hydrogens is 512 g/mol. The Morgan fingerprint density at radius 3 is 2.56 bits per heavy atom. The van der Waals surface area contributed by atoms with Crippen molar-refractivity contribution in [2.45, 2.75) is 122 Å². The predicted octanol–water partition coefficient (Wildman–Crippen LogP) is 8.39. The third kappa shape index (κ3) is 6.81. The molecule has 1 spiro atoms. The average Bonchev–Trinajstić information content (AvgIpc) is 3.40.